The molecule has 0 rings (SSSR count). The minimum absolute atomic E-state index is 0.0222. The number of carbonyl (C=O) groups is 2. The number of hydrogen-bond acceptors (Lipinski definition) is 3. The number of nitrogens with one attached hydrogen (secondary N) is 1. The predicted octanol–water partition coefficient (Wildman–Crippen LogP) is 0.118. The molecule has 0 aliphatic rings. The van der Waals surface area contributed by atoms with E-state index in [1.54, 1.807) is 6.92 Å². The van der Waals surface area contributed by atoms with Gasteiger partial charge in [-0.05, 0) is 0 Å². The van der Waals surface area contributed by atoms with Crippen LogP contribution in [0.25, 0.3) is 0 Å². The molecule has 1 amide bonds. The van der Waals surface area contributed by atoms with Crippen LogP contribution in [0.2, 0.25) is 0 Å². The van der Waals surface area contributed by atoms with Crippen molar-refractivity contribution in [1.82, 2.24) is 5.32 Å². The largest absolute Gasteiger partial charge is 0.379 e. The zero-order valence-corrected chi connectivity index (χ0v) is 7.34. The Labute approximate surface area is 72.3 Å². The van der Waals surface area contributed by atoms with Crippen molar-refractivity contribution in [2.75, 3.05) is 19.8 Å². The number of ether oxygens (including phenoxy) is 1. The van der Waals surface area contributed by atoms with Gasteiger partial charge < -0.3 is 14.8 Å². The summed E-state index contributed by atoms with van der Waals surface area (Å²) in [6.45, 7) is 3.22. The van der Waals surface area contributed by atoms with Crippen molar-refractivity contribution in [2.45, 2.75) is 19.8 Å². The number of carbonyl (C=O) groups excluding carboxylic acids is 2. The van der Waals surface area contributed by atoms with E-state index in [-0.39, 0.29) is 5.91 Å². The van der Waals surface area contributed by atoms with Gasteiger partial charge in [-0.25, -0.2) is 0 Å². The van der Waals surface area contributed by atoms with Crippen LogP contribution in [0.4, 0.5) is 0 Å². The molecule has 0 radical (unpaired) electrons. The van der Waals surface area contributed by atoms with Crippen LogP contribution >= 0.6 is 0 Å². The molecule has 0 aliphatic heterocycles. The molecule has 0 aromatic carbocycles. The monoisotopic (exact) mass is 173 g/mol. The molecule has 0 aromatic heterocycles. The highest BCUT2D eigenvalue weighted by Crippen LogP contribution is 1.78. The van der Waals surface area contributed by atoms with Gasteiger partial charge in [0.05, 0.1) is 13.2 Å². The molecule has 0 aliphatic carbocycles. The number of amides is 1. The smallest absolute Gasteiger partial charge is 0.219 e. The number of rotatable bonds is 7. The van der Waals surface area contributed by atoms with Crippen LogP contribution in [0.5, 0.6) is 0 Å². The highest BCUT2D eigenvalue weighted by atomic mass is 16.5. The van der Waals surface area contributed by atoms with Crippen molar-refractivity contribution >= 4 is 12.2 Å². The summed E-state index contributed by atoms with van der Waals surface area (Å²) < 4.78 is 5.02. The van der Waals surface area contributed by atoms with E-state index in [2.05, 4.69) is 5.32 Å². The maximum Gasteiger partial charge on any atom is 0.219 e. The van der Waals surface area contributed by atoms with Crippen LogP contribution in [-0.2, 0) is 14.3 Å². The first-order chi connectivity index (χ1) is 5.81. The Hall–Kier alpha value is -0.900. The topological polar surface area (TPSA) is 55.4 Å². The number of hydrogen-bond donors (Lipinski definition) is 1. The quantitative estimate of drug-likeness (QED) is 0.439. The fourth-order valence-electron chi connectivity index (χ4n) is 0.621. The van der Waals surface area contributed by atoms with Gasteiger partial charge in [0, 0.05) is 19.4 Å². The standard InChI is InChI=1S/C8H15NO3/c1-2-8(11)9-4-7-12-6-3-5-10/h5H,2-4,6-7H2,1H3,(H,9,11). The van der Waals surface area contributed by atoms with E-state index < -0.39 is 0 Å². The van der Waals surface area contributed by atoms with Crippen LogP contribution in [-0.4, -0.2) is 32.0 Å². The third kappa shape index (κ3) is 7.21. The molecule has 0 heterocycles. The summed E-state index contributed by atoms with van der Waals surface area (Å²) >= 11 is 0. The third-order valence-electron chi connectivity index (χ3n) is 1.27. The Kier molecular flexibility index (Phi) is 7.58. The van der Waals surface area contributed by atoms with Gasteiger partial charge in [-0.2, -0.15) is 0 Å². The van der Waals surface area contributed by atoms with Gasteiger partial charge in [0.2, 0.25) is 5.91 Å². The first kappa shape index (κ1) is 11.1. The molecule has 1 N–H and O–H groups in total. The first-order valence-corrected chi connectivity index (χ1v) is 4.09. The summed E-state index contributed by atoms with van der Waals surface area (Å²) in [5, 5.41) is 2.66. The van der Waals surface area contributed by atoms with E-state index in [4.69, 9.17) is 4.74 Å². The molecule has 12 heavy (non-hydrogen) atoms. The van der Waals surface area contributed by atoms with Crippen LogP contribution in [0.3, 0.4) is 0 Å². The van der Waals surface area contributed by atoms with Gasteiger partial charge in [-0.3, -0.25) is 4.79 Å². The van der Waals surface area contributed by atoms with Crippen molar-refractivity contribution < 1.29 is 14.3 Å². The summed E-state index contributed by atoms with van der Waals surface area (Å²) in [6, 6.07) is 0. The van der Waals surface area contributed by atoms with Gasteiger partial charge >= 0.3 is 0 Å². The molecule has 0 atom stereocenters. The minimum atomic E-state index is 0.0222. The summed E-state index contributed by atoms with van der Waals surface area (Å²) in [7, 11) is 0. The summed E-state index contributed by atoms with van der Waals surface area (Å²) in [5.74, 6) is 0.0222. The minimum Gasteiger partial charge on any atom is -0.379 e. The molecule has 4 nitrogen and oxygen atoms in total. The highest BCUT2D eigenvalue weighted by molar-refractivity contribution is 5.75. The fraction of sp³-hybridized carbons (Fsp3) is 0.750. The molecular formula is C8H15NO3. The van der Waals surface area contributed by atoms with Crippen LogP contribution in [0.1, 0.15) is 19.8 Å². The Morgan fingerprint density at radius 3 is 2.83 bits per heavy atom. The predicted molar refractivity (Wildman–Crippen MR) is 44.8 cm³/mol. The second kappa shape index (κ2) is 8.20. The van der Waals surface area contributed by atoms with Gasteiger partial charge in [0.25, 0.3) is 0 Å². The lowest BCUT2D eigenvalue weighted by atomic mass is 10.4. The summed E-state index contributed by atoms with van der Waals surface area (Å²) in [5.41, 5.74) is 0. The molecule has 0 fully saturated rings. The third-order valence-corrected chi connectivity index (χ3v) is 1.27. The van der Waals surface area contributed by atoms with E-state index in [1.165, 1.54) is 0 Å². The zero-order chi connectivity index (χ0) is 9.23. The SMILES string of the molecule is CCC(=O)NCCOCCC=O. The Balaban J connectivity index is 3.00. The lowest BCUT2D eigenvalue weighted by molar-refractivity contribution is -0.121. The summed E-state index contributed by atoms with van der Waals surface area (Å²) in [4.78, 5) is 20.5. The molecule has 0 aromatic rings. The second-order valence-corrected chi connectivity index (χ2v) is 2.27. The van der Waals surface area contributed by atoms with Gasteiger partial charge in [-0.15, -0.1) is 0 Å². The normalized spacial score (nSPS) is 9.42. The Morgan fingerprint density at radius 1 is 1.50 bits per heavy atom. The van der Waals surface area contributed by atoms with Crippen LogP contribution in [0, 0.1) is 0 Å². The molecule has 4 heteroatoms. The van der Waals surface area contributed by atoms with E-state index in [9.17, 15) is 9.59 Å². The summed E-state index contributed by atoms with van der Waals surface area (Å²) in [6.07, 6.45) is 1.72. The van der Waals surface area contributed by atoms with E-state index in [1.807, 2.05) is 0 Å². The molecule has 70 valence electrons. The Bertz CT molecular complexity index is 136. The van der Waals surface area contributed by atoms with Crippen molar-refractivity contribution in [2.24, 2.45) is 0 Å². The van der Waals surface area contributed by atoms with Gasteiger partial charge in [0.15, 0.2) is 0 Å². The molecular weight excluding hydrogens is 158 g/mol. The lowest BCUT2D eigenvalue weighted by Gasteiger charge is -2.03. The van der Waals surface area contributed by atoms with E-state index >= 15 is 0 Å². The molecule has 0 bridgehead atoms. The lowest BCUT2D eigenvalue weighted by Crippen LogP contribution is -2.26. The molecule has 0 spiro atoms. The molecule has 0 saturated carbocycles. The van der Waals surface area contributed by atoms with Crippen molar-refractivity contribution in [3.63, 3.8) is 0 Å². The molecule has 0 unspecified atom stereocenters. The zero-order valence-electron chi connectivity index (χ0n) is 7.34. The first-order valence-electron chi connectivity index (χ1n) is 4.09. The van der Waals surface area contributed by atoms with Crippen LogP contribution < -0.4 is 5.32 Å². The van der Waals surface area contributed by atoms with E-state index in [0.717, 1.165) is 6.29 Å². The van der Waals surface area contributed by atoms with Gasteiger partial charge in [-0.1, -0.05) is 6.92 Å². The second-order valence-electron chi connectivity index (χ2n) is 2.27. The maximum atomic E-state index is 10.7. The Morgan fingerprint density at radius 2 is 2.25 bits per heavy atom. The number of aldehydes is 1. The molecule has 0 saturated heterocycles. The average molecular weight is 173 g/mol. The van der Waals surface area contributed by atoms with E-state index in [0.29, 0.717) is 32.6 Å². The van der Waals surface area contributed by atoms with Crippen molar-refractivity contribution in [1.29, 1.82) is 0 Å². The average Bonchev–Trinajstić information content (AvgIpc) is 2.10. The van der Waals surface area contributed by atoms with Crippen molar-refractivity contribution in [3.05, 3.63) is 0 Å². The van der Waals surface area contributed by atoms with Gasteiger partial charge in [0.1, 0.15) is 6.29 Å². The fourth-order valence-corrected chi connectivity index (χ4v) is 0.621. The van der Waals surface area contributed by atoms with Crippen molar-refractivity contribution in [3.8, 4) is 0 Å². The van der Waals surface area contributed by atoms with Crippen LogP contribution in [0.15, 0.2) is 0 Å². The highest BCUT2D eigenvalue weighted by Gasteiger charge is 1.94. The maximum absolute atomic E-state index is 10.7.